The summed E-state index contributed by atoms with van der Waals surface area (Å²) in [5, 5.41) is 18.3. The minimum Gasteiger partial charge on any atom is -0.493 e. The number of primary amides is 1. The minimum absolute atomic E-state index is 0.0243. The second-order valence-corrected chi connectivity index (χ2v) is 7.16. The van der Waals surface area contributed by atoms with Crippen molar-refractivity contribution in [1.82, 2.24) is 5.32 Å². The molecular formula is C22H25FN4O6. The van der Waals surface area contributed by atoms with Crippen molar-refractivity contribution in [1.29, 1.82) is 0 Å². The highest BCUT2D eigenvalue weighted by Gasteiger charge is 2.35. The van der Waals surface area contributed by atoms with Crippen LogP contribution in [-0.2, 0) is 9.59 Å². The number of para-hydroxylation sites is 1. The van der Waals surface area contributed by atoms with Crippen molar-refractivity contribution in [2.24, 2.45) is 10.8 Å². The highest BCUT2D eigenvalue weighted by atomic mass is 19.1. The molecule has 0 aliphatic carbocycles. The van der Waals surface area contributed by atoms with Crippen molar-refractivity contribution in [3.05, 3.63) is 48.3 Å². The zero-order chi connectivity index (χ0) is 24.0. The molecule has 0 fully saturated rings. The molecule has 2 amide bonds. The van der Waals surface area contributed by atoms with Crippen LogP contribution in [0.3, 0.4) is 0 Å². The van der Waals surface area contributed by atoms with E-state index in [2.05, 4.69) is 10.4 Å². The summed E-state index contributed by atoms with van der Waals surface area (Å²) in [5.41, 5.74) is 5.92. The molecule has 2 atom stereocenters. The van der Waals surface area contributed by atoms with Crippen LogP contribution in [0.1, 0.15) is 6.42 Å². The Morgan fingerprint density at radius 3 is 2.42 bits per heavy atom. The van der Waals surface area contributed by atoms with Gasteiger partial charge in [0.25, 0.3) is 5.91 Å². The lowest BCUT2D eigenvalue weighted by Gasteiger charge is -2.20. The van der Waals surface area contributed by atoms with Gasteiger partial charge in [-0.25, -0.2) is 4.39 Å². The Kier molecular flexibility index (Phi) is 7.67. The molecule has 2 aromatic rings. The Hall–Kier alpha value is -3.86. The van der Waals surface area contributed by atoms with Gasteiger partial charge in [-0.05, 0) is 36.4 Å². The number of nitrogens with two attached hydrogens (primary N) is 1. The van der Waals surface area contributed by atoms with E-state index in [1.54, 1.807) is 18.2 Å². The first-order valence-electron chi connectivity index (χ1n) is 10.1. The van der Waals surface area contributed by atoms with Gasteiger partial charge in [0.1, 0.15) is 30.3 Å². The van der Waals surface area contributed by atoms with Crippen molar-refractivity contribution in [3.63, 3.8) is 0 Å². The smallest absolute Gasteiger partial charge is 0.267 e. The van der Waals surface area contributed by atoms with Crippen molar-refractivity contribution in [2.75, 3.05) is 32.4 Å². The molecule has 33 heavy (non-hydrogen) atoms. The zero-order valence-corrected chi connectivity index (χ0v) is 18.2. The number of carbonyl (C=O) groups is 2. The molecule has 0 saturated heterocycles. The van der Waals surface area contributed by atoms with Gasteiger partial charge in [-0.3, -0.25) is 14.6 Å². The number of hydrogen-bond acceptors (Lipinski definition) is 8. The molecule has 0 spiro atoms. The van der Waals surface area contributed by atoms with Gasteiger partial charge in [0.05, 0.1) is 19.9 Å². The Bertz CT molecular complexity index is 1010. The fourth-order valence-corrected chi connectivity index (χ4v) is 3.21. The zero-order valence-electron chi connectivity index (χ0n) is 18.2. The number of hydrazone groups is 1. The number of aliphatic hydroxyl groups excluding tert-OH is 1. The van der Waals surface area contributed by atoms with E-state index < -0.39 is 29.8 Å². The van der Waals surface area contributed by atoms with Crippen molar-refractivity contribution < 1.29 is 33.3 Å². The van der Waals surface area contributed by atoms with Crippen LogP contribution in [0.5, 0.6) is 17.2 Å². The monoisotopic (exact) mass is 460 g/mol. The average molecular weight is 460 g/mol. The van der Waals surface area contributed by atoms with Crippen LogP contribution in [-0.4, -0.2) is 62.1 Å². The molecular weight excluding hydrogens is 435 g/mol. The lowest BCUT2D eigenvalue weighted by molar-refractivity contribution is -0.119. The number of nitrogens with zero attached hydrogens (tertiary/aromatic N) is 2. The lowest BCUT2D eigenvalue weighted by Crippen LogP contribution is -2.41. The number of amides is 2. The van der Waals surface area contributed by atoms with E-state index in [4.69, 9.17) is 19.9 Å². The summed E-state index contributed by atoms with van der Waals surface area (Å²) in [6.45, 7) is -0.276. The fraction of sp³-hybridized carbons (Fsp3) is 0.318. The van der Waals surface area contributed by atoms with E-state index in [-0.39, 0.29) is 25.3 Å². The van der Waals surface area contributed by atoms with Gasteiger partial charge in [0.15, 0.2) is 11.5 Å². The van der Waals surface area contributed by atoms with Crippen LogP contribution in [0.25, 0.3) is 0 Å². The summed E-state index contributed by atoms with van der Waals surface area (Å²) in [6, 6.07) is 9.52. The molecule has 0 radical (unpaired) electrons. The Labute approximate surface area is 189 Å². The van der Waals surface area contributed by atoms with Gasteiger partial charge in [0.2, 0.25) is 11.7 Å². The first-order chi connectivity index (χ1) is 15.8. The summed E-state index contributed by atoms with van der Waals surface area (Å²) >= 11 is 0. The molecule has 0 aromatic heterocycles. The van der Waals surface area contributed by atoms with E-state index in [1.807, 2.05) is 0 Å². The predicted octanol–water partition coefficient (Wildman–Crippen LogP) is 0.819. The quantitative estimate of drug-likeness (QED) is 0.478. The van der Waals surface area contributed by atoms with Gasteiger partial charge in [-0.2, -0.15) is 5.10 Å². The highest BCUT2D eigenvalue weighted by molar-refractivity contribution is 6.40. The molecule has 1 aliphatic rings. The van der Waals surface area contributed by atoms with Crippen LogP contribution in [0, 0.1) is 5.82 Å². The number of ether oxygens (including phenoxy) is 3. The summed E-state index contributed by atoms with van der Waals surface area (Å²) < 4.78 is 29.3. The average Bonchev–Trinajstić information content (AvgIpc) is 3.27. The topological polar surface area (TPSA) is 136 Å². The Morgan fingerprint density at radius 1 is 1.21 bits per heavy atom. The molecule has 1 aliphatic heterocycles. The van der Waals surface area contributed by atoms with Gasteiger partial charge in [0, 0.05) is 13.0 Å². The molecule has 0 bridgehead atoms. The van der Waals surface area contributed by atoms with E-state index in [0.29, 0.717) is 22.9 Å². The summed E-state index contributed by atoms with van der Waals surface area (Å²) in [7, 11) is 2.96. The molecule has 4 N–H and O–H groups in total. The van der Waals surface area contributed by atoms with Crippen LogP contribution in [0.4, 0.5) is 10.1 Å². The Balaban J connectivity index is 1.59. The van der Waals surface area contributed by atoms with Crippen LogP contribution in [0.15, 0.2) is 47.6 Å². The third kappa shape index (κ3) is 5.69. The van der Waals surface area contributed by atoms with E-state index in [9.17, 15) is 19.1 Å². The number of hydrogen-bond donors (Lipinski definition) is 3. The third-order valence-electron chi connectivity index (χ3n) is 4.89. The van der Waals surface area contributed by atoms with Crippen molar-refractivity contribution >= 4 is 23.2 Å². The van der Waals surface area contributed by atoms with E-state index in [0.717, 1.165) is 0 Å². The number of methoxy groups -OCH3 is 2. The van der Waals surface area contributed by atoms with Crippen molar-refractivity contribution in [3.8, 4) is 17.2 Å². The largest absolute Gasteiger partial charge is 0.493 e. The highest BCUT2D eigenvalue weighted by Crippen LogP contribution is 2.36. The lowest BCUT2D eigenvalue weighted by atomic mass is 10.1. The van der Waals surface area contributed by atoms with Gasteiger partial charge < -0.3 is 30.4 Å². The SMILES string of the molecule is COc1cccc(OC)c1OCC(O)CNC(=O)C1=NN(c2ccc(F)cc2)C(C(N)=O)C1. The second kappa shape index (κ2) is 10.6. The number of halogens is 1. The molecule has 3 rings (SSSR count). The summed E-state index contributed by atoms with van der Waals surface area (Å²) in [4.78, 5) is 24.4. The fourth-order valence-electron chi connectivity index (χ4n) is 3.21. The summed E-state index contributed by atoms with van der Waals surface area (Å²) in [5.74, 6) is -0.497. The second-order valence-electron chi connectivity index (χ2n) is 7.16. The van der Waals surface area contributed by atoms with Gasteiger partial charge in [-0.15, -0.1) is 0 Å². The number of anilines is 1. The van der Waals surface area contributed by atoms with Gasteiger partial charge >= 0.3 is 0 Å². The normalized spacial score (nSPS) is 16.1. The molecule has 0 saturated carbocycles. The molecule has 10 nitrogen and oxygen atoms in total. The van der Waals surface area contributed by atoms with Crippen LogP contribution < -0.4 is 30.3 Å². The van der Waals surface area contributed by atoms with Crippen molar-refractivity contribution in [2.45, 2.75) is 18.6 Å². The maximum Gasteiger partial charge on any atom is 0.267 e. The Morgan fingerprint density at radius 2 is 1.85 bits per heavy atom. The number of carbonyl (C=O) groups excluding carboxylic acids is 2. The molecule has 2 aromatic carbocycles. The molecule has 176 valence electrons. The minimum atomic E-state index is -1.05. The van der Waals surface area contributed by atoms with E-state index in [1.165, 1.54) is 43.5 Å². The first-order valence-corrected chi connectivity index (χ1v) is 10.1. The molecule has 1 heterocycles. The van der Waals surface area contributed by atoms with E-state index >= 15 is 0 Å². The number of rotatable bonds is 10. The number of aliphatic hydroxyl groups is 1. The number of nitrogens with one attached hydrogen (secondary N) is 1. The van der Waals surface area contributed by atoms with Crippen LogP contribution >= 0.6 is 0 Å². The van der Waals surface area contributed by atoms with Gasteiger partial charge in [-0.1, -0.05) is 6.07 Å². The first kappa shape index (κ1) is 23.8. The molecule has 2 unspecified atom stereocenters. The standard InChI is InChI=1S/C22H25FN4O6/c1-31-18-4-3-5-19(32-2)20(18)33-12-15(28)11-25-22(30)16-10-17(21(24)29)27(26-16)14-8-6-13(23)7-9-14/h3-9,15,17,28H,10-12H2,1-2H3,(H2,24,29)(H,25,30). The number of benzene rings is 2. The predicted molar refractivity (Wildman–Crippen MR) is 118 cm³/mol. The third-order valence-corrected chi connectivity index (χ3v) is 4.89. The van der Waals surface area contributed by atoms with Crippen LogP contribution in [0.2, 0.25) is 0 Å². The summed E-state index contributed by atoms with van der Waals surface area (Å²) in [6.07, 6.45) is -1.07. The maximum absolute atomic E-state index is 13.2. The maximum atomic E-state index is 13.2. The molecule has 11 heteroatoms.